The summed E-state index contributed by atoms with van der Waals surface area (Å²) in [6.07, 6.45) is 107. The Labute approximate surface area is 618 Å². The van der Waals surface area contributed by atoms with Gasteiger partial charge in [-0.05, 0) is 123 Å². The molecule has 97 heavy (non-hydrogen) atoms. The second-order valence-corrected chi connectivity index (χ2v) is 29.7. The van der Waals surface area contributed by atoms with Gasteiger partial charge in [0.25, 0.3) is 0 Å². The number of rotatable bonds is 69. The molecule has 0 N–H and O–H groups in total. The van der Waals surface area contributed by atoms with Crippen LogP contribution >= 0.6 is 0 Å². The van der Waals surface area contributed by atoms with Gasteiger partial charge in [-0.1, -0.05) is 424 Å². The number of hydrogen-bond donors (Lipinski definition) is 0. The Kier molecular flexibility index (Phi) is 69.1. The standard InChI is InChI=1S/C92H156N2.2CH3.Ni/c1-6-11-16-20-24-28-32-36-40-44-48-52-56-60-64-68-72-84-77-85(73-69-65-61-57-53-49-45-41-37-33-29-25-21-17-12-7-2)80-89(79-84)91-83-88(76-15-10-5)92(94(91)93)90-81-86(74-70-66-62-58-54-50-46-42-38-34-30-26-22-18-13-8-3)78-87(82-90)75-71-67-63-59-55-51-47-43-39-35-31-27-23-19-14-9-4;;;/h68-75,77-83H,6-67,76H2,1-5H3;2*1H3;/q;2*-1;+2. The third kappa shape index (κ3) is 52.6. The van der Waals surface area contributed by atoms with Crippen LogP contribution in [0.25, 0.3) is 41.2 Å². The van der Waals surface area contributed by atoms with Gasteiger partial charge < -0.3 is 20.4 Å². The van der Waals surface area contributed by atoms with Gasteiger partial charge in [0.05, 0.1) is 0 Å². The van der Waals surface area contributed by atoms with Crippen molar-refractivity contribution in [2.45, 2.75) is 439 Å². The zero-order chi connectivity index (χ0) is 66.9. The average molecular weight is 1380 g/mol. The second-order valence-electron chi connectivity index (χ2n) is 29.7. The summed E-state index contributed by atoms with van der Waals surface area (Å²) in [6.45, 7) is 11.6. The van der Waals surface area contributed by atoms with Crippen LogP contribution in [0.5, 0.6) is 0 Å². The maximum atomic E-state index is 12.7. The van der Waals surface area contributed by atoms with Crippen LogP contribution in [0.15, 0.2) is 72.4 Å². The smallest absolute Gasteiger partial charge is 0.493 e. The molecule has 2 nitrogen and oxygen atoms in total. The molecule has 0 radical (unpaired) electrons. The minimum Gasteiger partial charge on any atom is -0.493 e. The zero-order valence-electron chi connectivity index (χ0n) is 65.9. The summed E-state index contributed by atoms with van der Waals surface area (Å²) in [4.78, 5) is 0. The minimum absolute atomic E-state index is 0. The van der Waals surface area contributed by atoms with Crippen molar-refractivity contribution >= 4 is 35.7 Å². The number of hydrogen-bond acceptors (Lipinski definition) is 0. The summed E-state index contributed by atoms with van der Waals surface area (Å²) in [5.41, 5.74) is 23.0. The summed E-state index contributed by atoms with van der Waals surface area (Å²) in [7, 11) is 0. The van der Waals surface area contributed by atoms with Crippen molar-refractivity contribution in [3.05, 3.63) is 126 Å². The maximum absolute atomic E-state index is 12.7. The molecular weight excluding hydrogens is 1220 g/mol. The predicted molar refractivity (Wildman–Crippen MR) is 440 cm³/mol. The number of allylic oxidation sites excluding steroid dienone is 6. The molecule has 0 fully saturated rings. The fourth-order valence-corrected chi connectivity index (χ4v) is 14.3. The van der Waals surface area contributed by atoms with E-state index in [1.165, 1.54) is 387 Å². The third-order valence-corrected chi connectivity index (χ3v) is 20.5. The first kappa shape index (κ1) is 94.0. The van der Waals surface area contributed by atoms with Gasteiger partial charge >= 0.3 is 16.5 Å². The molecule has 1 aliphatic heterocycles. The van der Waals surface area contributed by atoms with Crippen LogP contribution in [0.1, 0.15) is 473 Å². The normalized spacial score (nSPS) is 12.5. The fraction of sp³-hybridized carbons (Fsp3) is 0.723. The van der Waals surface area contributed by atoms with Crippen LogP contribution in [0.4, 0.5) is 0 Å². The van der Waals surface area contributed by atoms with Gasteiger partial charge in [-0.15, -0.1) is 0 Å². The van der Waals surface area contributed by atoms with E-state index in [1.54, 1.807) is 4.70 Å². The van der Waals surface area contributed by atoms with E-state index < -0.39 is 0 Å². The largest absolute Gasteiger partial charge is 2.00 e. The fourth-order valence-electron chi connectivity index (χ4n) is 14.3. The Morgan fingerprint density at radius 3 is 0.670 bits per heavy atom. The van der Waals surface area contributed by atoms with E-state index in [0.29, 0.717) is 0 Å². The van der Waals surface area contributed by atoms with Crippen LogP contribution in [0.2, 0.25) is 0 Å². The topological polar surface area (TPSA) is 25.3 Å². The first-order chi connectivity index (χ1) is 46.5. The molecule has 0 atom stereocenters. The molecule has 0 bridgehead atoms. The second kappa shape index (κ2) is 71.4. The van der Waals surface area contributed by atoms with Crippen molar-refractivity contribution in [1.82, 2.24) is 0 Å². The van der Waals surface area contributed by atoms with Crippen molar-refractivity contribution < 1.29 is 21.2 Å². The van der Waals surface area contributed by atoms with Gasteiger partial charge in [0.15, 0.2) is 0 Å². The first-order valence-corrected chi connectivity index (χ1v) is 42.4. The van der Waals surface area contributed by atoms with E-state index in [4.69, 9.17) is 0 Å². The summed E-state index contributed by atoms with van der Waals surface area (Å²) in [5.74, 6) is 0. The third-order valence-electron chi connectivity index (χ3n) is 20.5. The van der Waals surface area contributed by atoms with Gasteiger partial charge in [0.2, 0.25) is 11.4 Å². The van der Waals surface area contributed by atoms with Crippen LogP contribution in [-0.4, -0.2) is 4.70 Å². The number of nitrogens with zero attached hydrogens (tertiary/aromatic N) is 2. The molecule has 0 aliphatic carbocycles. The summed E-state index contributed by atoms with van der Waals surface area (Å²) in [6, 6.07) is 14.2. The van der Waals surface area contributed by atoms with Crippen molar-refractivity contribution in [2.75, 3.05) is 0 Å². The maximum Gasteiger partial charge on any atom is 2.00 e. The Bertz CT molecular complexity index is 2130. The average Bonchev–Trinajstić information content (AvgIpc) is 1.62. The molecule has 1 heterocycles. The van der Waals surface area contributed by atoms with Gasteiger partial charge in [0.1, 0.15) is 0 Å². The van der Waals surface area contributed by atoms with E-state index in [9.17, 15) is 5.53 Å². The van der Waals surface area contributed by atoms with Gasteiger partial charge in [-0.3, -0.25) is 0 Å². The van der Waals surface area contributed by atoms with Gasteiger partial charge in [-0.2, -0.15) is 0 Å². The van der Waals surface area contributed by atoms with Crippen molar-refractivity contribution in [1.29, 1.82) is 0 Å². The van der Waals surface area contributed by atoms with Crippen LogP contribution < -0.4 is 0 Å². The molecule has 0 aromatic heterocycles. The summed E-state index contributed by atoms with van der Waals surface area (Å²) >= 11 is 0. The molecule has 0 spiro atoms. The molecule has 2 aromatic carbocycles. The van der Waals surface area contributed by atoms with E-state index in [0.717, 1.165) is 67.5 Å². The summed E-state index contributed by atoms with van der Waals surface area (Å²) < 4.78 is 1.57. The van der Waals surface area contributed by atoms with Gasteiger partial charge in [-0.25, -0.2) is 4.70 Å². The molecule has 0 saturated heterocycles. The quantitative estimate of drug-likeness (QED) is 0.0273. The summed E-state index contributed by atoms with van der Waals surface area (Å²) in [5, 5.41) is 0. The Hall–Kier alpha value is -3.03. The SMILES string of the molecule is CCCCCCCCCCCCCCCCC=Cc1cc(C=CCCCCCCCCCCCCCCCC)cc(C2=CC(CCCC)=C(c3cc(C=CCCCCCCCCCCCCCCCC)cc(C=CCCCCCCCCCCCCCCCC)c3)[N+]2=[N-])c1.[CH3-].[CH3-].[Ni+2]. The number of benzene rings is 2. The zero-order valence-corrected chi connectivity index (χ0v) is 66.9. The van der Waals surface area contributed by atoms with E-state index in [1.807, 2.05) is 0 Å². The van der Waals surface area contributed by atoms with Gasteiger partial charge in [0, 0.05) is 22.8 Å². The molecular formula is C94H162N2Ni. The molecule has 3 rings (SSSR count). The molecule has 0 unspecified atom stereocenters. The van der Waals surface area contributed by atoms with Crippen molar-refractivity contribution in [2.24, 2.45) is 0 Å². The monoisotopic (exact) mass is 1380 g/mol. The van der Waals surface area contributed by atoms with Crippen molar-refractivity contribution in [3.8, 4) is 0 Å². The minimum atomic E-state index is 0. The van der Waals surface area contributed by atoms with E-state index in [2.05, 4.69) is 126 Å². The first-order valence-electron chi connectivity index (χ1n) is 42.4. The Morgan fingerprint density at radius 2 is 0.454 bits per heavy atom. The molecule has 2 aromatic rings. The van der Waals surface area contributed by atoms with E-state index >= 15 is 0 Å². The number of unbranched alkanes of at least 4 members (excludes halogenated alkanes) is 57. The molecule has 3 heteroatoms. The molecule has 0 amide bonds. The Balaban J connectivity index is 0.0000307. The molecule has 0 saturated carbocycles. The van der Waals surface area contributed by atoms with E-state index in [-0.39, 0.29) is 31.3 Å². The Morgan fingerprint density at radius 1 is 0.258 bits per heavy atom. The van der Waals surface area contributed by atoms with Crippen molar-refractivity contribution in [3.63, 3.8) is 0 Å². The molecule has 1 aliphatic rings. The van der Waals surface area contributed by atoms with Crippen LogP contribution in [-0.2, 0) is 16.5 Å². The van der Waals surface area contributed by atoms with Crippen LogP contribution in [0.3, 0.4) is 0 Å². The van der Waals surface area contributed by atoms with Crippen LogP contribution in [0, 0.1) is 14.9 Å². The predicted octanol–water partition coefficient (Wildman–Crippen LogP) is 34.1. The molecule has 558 valence electrons.